The van der Waals surface area contributed by atoms with E-state index < -0.39 is 0 Å². The maximum atomic E-state index is 11.7. The lowest BCUT2D eigenvalue weighted by molar-refractivity contribution is -0.121. The minimum Gasteiger partial charge on any atom is -0.330 e. The number of hydrogen-bond acceptors (Lipinski definition) is 3. The minimum atomic E-state index is -0.0906. The fourth-order valence-electron chi connectivity index (χ4n) is 1.34. The molecule has 0 saturated carbocycles. The molecule has 0 fully saturated rings. The Bertz CT molecular complexity index is 373. The molecule has 0 radical (unpaired) electrons. The van der Waals surface area contributed by atoms with Gasteiger partial charge in [0.1, 0.15) is 5.78 Å². The van der Waals surface area contributed by atoms with Crippen LogP contribution in [0.15, 0.2) is 4.47 Å². The van der Waals surface area contributed by atoms with E-state index in [1.165, 1.54) is 0 Å². The average molecular weight is 274 g/mol. The molecule has 0 aliphatic rings. The van der Waals surface area contributed by atoms with Gasteiger partial charge >= 0.3 is 0 Å². The molecule has 5 heteroatoms. The van der Waals surface area contributed by atoms with Gasteiger partial charge in [0, 0.05) is 25.9 Å². The monoisotopic (exact) mass is 273 g/mol. The van der Waals surface area contributed by atoms with Crippen LogP contribution in [-0.2, 0) is 18.3 Å². The Morgan fingerprint density at radius 3 is 2.67 bits per heavy atom. The average Bonchev–Trinajstić information content (AvgIpc) is 2.43. The second-order valence-corrected chi connectivity index (χ2v) is 4.54. The molecule has 1 aromatic heterocycles. The Labute approximate surface area is 98.0 Å². The van der Waals surface area contributed by atoms with Crippen molar-refractivity contribution in [2.24, 2.45) is 18.7 Å². The number of aryl methyl sites for hydroxylation is 2. The third kappa shape index (κ3) is 2.66. The summed E-state index contributed by atoms with van der Waals surface area (Å²) in [6, 6.07) is 0. The van der Waals surface area contributed by atoms with Crippen molar-refractivity contribution in [3.63, 3.8) is 0 Å². The van der Waals surface area contributed by atoms with Crippen molar-refractivity contribution in [2.45, 2.75) is 20.3 Å². The van der Waals surface area contributed by atoms with Crippen LogP contribution in [0.3, 0.4) is 0 Å². The van der Waals surface area contributed by atoms with Crippen LogP contribution in [0.2, 0.25) is 0 Å². The molecule has 4 nitrogen and oxygen atoms in total. The van der Waals surface area contributed by atoms with E-state index in [1.54, 1.807) is 4.68 Å². The van der Waals surface area contributed by atoms with Gasteiger partial charge in [0.05, 0.1) is 15.9 Å². The van der Waals surface area contributed by atoms with Crippen LogP contribution in [0.5, 0.6) is 0 Å². The SMILES string of the molecule is Cc1nn(C)c(CC(=O)C(C)CN)c1Br. The summed E-state index contributed by atoms with van der Waals surface area (Å²) in [6.07, 6.45) is 0.385. The predicted molar refractivity (Wildman–Crippen MR) is 62.6 cm³/mol. The van der Waals surface area contributed by atoms with E-state index in [9.17, 15) is 4.79 Å². The van der Waals surface area contributed by atoms with Crippen LogP contribution in [-0.4, -0.2) is 22.1 Å². The molecule has 1 heterocycles. The molecule has 0 saturated heterocycles. The molecule has 1 rings (SSSR count). The van der Waals surface area contributed by atoms with E-state index in [1.807, 2.05) is 20.9 Å². The smallest absolute Gasteiger partial charge is 0.142 e. The highest BCUT2D eigenvalue weighted by Gasteiger charge is 2.17. The number of nitrogens with two attached hydrogens (primary N) is 1. The highest BCUT2D eigenvalue weighted by atomic mass is 79.9. The summed E-state index contributed by atoms with van der Waals surface area (Å²) < 4.78 is 2.66. The first-order valence-electron chi connectivity index (χ1n) is 4.88. The van der Waals surface area contributed by atoms with Crippen LogP contribution in [0, 0.1) is 12.8 Å². The first-order chi connectivity index (χ1) is 6.97. The Morgan fingerprint density at radius 2 is 2.27 bits per heavy atom. The van der Waals surface area contributed by atoms with Crippen molar-refractivity contribution in [3.05, 3.63) is 15.9 Å². The summed E-state index contributed by atoms with van der Waals surface area (Å²) in [5, 5.41) is 4.24. The maximum Gasteiger partial charge on any atom is 0.142 e. The van der Waals surface area contributed by atoms with Crippen molar-refractivity contribution in [2.75, 3.05) is 6.54 Å². The summed E-state index contributed by atoms with van der Waals surface area (Å²) in [5.74, 6) is 0.0632. The van der Waals surface area contributed by atoms with E-state index in [4.69, 9.17) is 5.73 Å². The topological polar surface area (TPSA) is 60.9 Å². The van der Waals surface area contributed by atoms with Gasteiger partial charge in [-0.2, -0.15) is 5.10 Å². The first-order valence-corrected chi connectivity index (χ1v) is 5.67. The second-order valence-electron chi connectivity index (χ2n) is 3.75. The van der Waals surface area contributed by atoms with Crippen molar-refractivity contribution < 1.29 is 4.79 Å². The lowest BCUT2D eigenvalue weighted by Crippen LogP contribution is -2.23. The molecule has 84 valence electrons. The molecular weight excluding hydrogens is 258 g/mol. The summed E-state index contributed by atoms with van der Waals surface area (Å²) in [4.78, 5) is 11.7. The zero-order valence-corrected chi connectivity index (χ0v) is 10.8. The van der Waals surface area contributed by atoms with Gasteiger partial charge in [-0.05, 0) is 22.9 Å². The van der Waals surface area contributed by atoms with E-state index in [0.29, 0.717) is 13.0 Å². The lowest BCUT2D eigenvalue weighted by atomic mass is 10.0. The summed E-state index contributed by atoms with van der Waals surface area (Å²) >= 11 is 3.43. The highest BCUT2D eigenvalue weighted by Crippen LogP contribution is 2.21. The molecule has 0 spiro atoms. The highest BCUT2D eigenvalue weighted by molar-refractivity contribution is 9.10. The lowest BCUT2D eigenvalue weighted by Gasteiger charge is -2.07. The van der Waals surface area contributed by atoms with Crippen LogP contribution in [0.1, 0.15) is 18.3 Å². The number of halogens is 1. The normalized spacial score (nSPS) is 12.9. The number of nitrogens with zero attached hydrogens (tertiary/aromatic N) is 2. The molecule has 0 aliphatic heterocycles. The van der Waals surface area contributed by atoms with Gasteiger partial charge in [-0.1, -0.05) is 6.92 Å². The van der Waals surface area contributed by atoms with Gasteiger partial charge < -0.3 is 5.73 Å². The third-order valence-electron chi connectivity index (χ3n) is 2.51. The van der Waals surface area contributed by atoms with Crippen LogP contribution in [0.25, 0.3) is 0 Å². The number of carbonyl (C=O) groups is 1. The number of rotatable bonds is 4. The van der Waals surface area contributed by atoms with Crippen LogP contribution >= 0.6 is 15.9 Å². The minimum absolute atomic E-state index is 0.0906. The number of aromatic nitrogens is 2. The Kier molecular flexibility index (Phi) is 4.04. The quantitative estimate of drug-likeness (QED) is 0.897. The molecule has 15 heavy (non-hydrogen) atoms. The molecule has 0 aliphatic carbocycles. The molecule has 1 atom stereocenters. The summed E-state index contributed by atoms with van der Waals surface area (Å²) in [6.45, 7) is 4.15. The zero-order valence-electron chi connectivity index (χ0n) is 9.25. The fraction of sp³-hybridized carbons (Fsp3) is 0.600. The van der Waals surface area contributed by atoms with Crippen molar-refractivity contribution in [1.82, 2.24) is 9.78 Å². The molecule has 2 N–H and O–H groups in total. The van der Waals surface area contributed by atoms with Gasteiger partial charge in [0.25, 0.3) is 0 Å². The predicted octanol–water partition coefficient (Wildman–Crippen LogP) is 1.20. The first kappa shape index (κ1) is 12.4. The van der Waals surface area contributed by atoms with Crippen LogP contribution in [0.4, 0.5) is 0 Å². The third-order valence-corrected chi connectivity index (χ3v) is 3.54. The van der Waals surface area contributed by atoms with Crippen LogP contribution < -0.4 is 5.73 Å². The number of ketones is 1. The van der Waals surface area contributed by atoms with Crippen molar-refractivity contribution >= 4 is 21.7 Å². The van der Waals surface area contributed by atoms with Gasteiger partial charge in [-0.15, -0.1) is 0 Å². The second kappa shape index (κ2) is 4.90. The number of hydrogen-bond donors (Lipinski definition) is 1. The maximum absolute atomic E-state index is 11.7. The van der Waals surface area contributed by atoms with Gasteiger partial charge in [-0.3, -0.25) is 9.48 Å². The van der Waals surface area contributed by atoms with Gasteiger partial charge in [0.15, 0.2) is 0 Å². The van der Waals surface area contributed by atoms with E-state index in [-0.39, 0.29) is 11.7 Å². The van der Waals surface area contributed by atoms with Crippen molar-refractivity contribution in [3.8, 4) is 0 Å². The van der Waals surface area contributed by atoms with Gasteiger partial charge in [-0.25, -0.2) is 0 Å². The van der Waals surface area contributed by atoms with E-state index >= 15 is 0 Å². The molecule has 1 aromatic rings. The van der Waals surface area contributed by atoms with Crippen molar-refractivity contribution in [1.29, 1.82) is 0 Å². The van der Waals surface area contributed by atoms with Gasteiger partial charge in [0.2, 0.25) is 0 Å². The molecular formula is C10H16BrN3O. The molecule has 0 amide bonds. The Morgan fingerprint density at radius 1 is 1.67 bits per heavy atom. The summed E-state index contributed by atoms with van der Waals surface area (Å²) in [7, 11) is 1.84. The number of carbonyl (C=O) groups excluding carboxylic acids is 1. The van der Waals surface area contributed by atoms with E-state index in [2.05, 4.69) is 21.0 Å². The largest absolute Gasteiger partial charge is 0.330 e. The fourth-order valence-corrected chi connectivity index (χ4v) is 1.82. The molecule has 1 unspecified atom stereocenters. The standard InChI is InChI=1S/C10H16BrN3O/c1-6(5-12)9(15)4-8-10(11)7(2)13-14(8)3/h6H,4-5,12H2,1-3H3. The summed E-state index contributed by atoms with van der Waals surface area (Å²) in [5.41, 5.74) is 7.27. The number of Topliss-reactive ketones (excluding diaryl/α,β-unsaturated/α-hetero) is 1. The molecule has 0 aromatic carbocycles. The van der Waals surface area contributed by atoms with E-state index in [0.717, 1.165) is 15.9 Å². The Hall–Kier alpha value is -0.680. The zero-order chi connectivity index (χ0) is 11.6. The Balaban J connectivity index is 2.85. The molecule has 0 bridgehead atoms.